The predicted octanol–water partition coefficient (Wildman–Crippen LogP) is 3.50. The number of hydrogen-bond acceptors (Lipinski definition) is 4. The van der Waals surface area contributed by atoms with E-state index >= 15 is 0 Å². The van der Waals surface area contributed by atoms with Crippen molar-refractivity contribution in [3.63, 3.8) is 0 Å². The van der Waals surface area contributed by atoms with Crippen LogP contribution >= 0.6 is 0 Å². The Hall–Kier alpha value is -1.32. The average Bonchev–Trinajstić information content (AvgIpc) is 2.38. The highest BCUT2D eigenvalue weighted by molar-refractivity contribution is 5.27. The van der Waals surface area contributed by atoms with Gasteiger partial charge in [0.15, 0.2) is 0 Å². The van der Waals surface area contributed by atoms with Crippen LogP contribution in [0.4, 0.5) is 5.95 Å². The lowest BCUT2D eigenvalue weighted by molar-refractivity contribution is 0.232. The second kappa shape index (κ2) is 6.73. The predicted molar refractivity (Wildman–Crippen MR) is 77.4 cm³/mol. The number of hydrogen-bond donors (Lipinski definition) is 1. The highest BCUT2D eigenvalue weighted by Crippen LogP contribution is 2.28. The Morgan fingerprint density at radius 3 is 2.74 bits per heavy atom. The SMILES string of the molecule is CC1CCC(CNc2nccc(OC(C)C)n2)CC1. The monoisotopic (exact) mass is 263 g/mol. The lowest BCUT2D eigenvalue weighted by Crippen LogP contribution is -2.21. The van der Waals surface area contributed by atoms with E-state index in [0.717, 1.165) is 18.4 Å². The molecular weight excluding hydrogens is 238 g/mol. The summed E-state index contributed by atoms with van der Waals surface area (Å²) in [4.78, 5) is 8.61. The molecule has 1 aliphatic rings. The Morgan fingerprint density at radius 2 is 2.05 bits per heavy atom. The highest BCUT2D eigenvalue weighted by atomic mass is 16.5. The molecule has 1 aromatic heterocycles. The molecule has 106 valence electrons. The molecule has 0 atom stereocenters. The van der Waals surface area contributed by atoms with Gasteiger partial charge >= 0.3 is 0 Å². The second-order valence-corrected chi connectivity index (χ2v) is 5.89. The summed E-state index contributed by atoms with van der Waals surface area (Å²) < 4.78 is 5.57. The van der Waals surface area contributed by atoms with Crippen LogP contribution in [-0.4, -0.2) is 22.6 Å². The molecule has 0 amide bonds. The van der Waals surface area contributed by atoms with Crippen molar-refractivity contribution in [2.45, 2.75) is 52.6 Å². The van der Waals surface area contributed by atoms with Gasteiger partial charge < -0.3 is 10.1 Å². The molecule has 1 N–H and O–H groups in total. The third-order valence-corrected chi connectivity index (χ3v) is 3.67. The first-order chi connectivity index (χ1) is 9.13. The van der Waals surface area contributed by atoms with E-state index in [2.05, 4.69) is 22.2 Å². The molecule has 0 bridgehead atoms. The van der Waals surface area contributed by atoms with Gasteiger partial charge in [-0.25, -0.2) is 4.98 Å². The molecule has 1 aliphatic carbocycles. The summed E-state index contributed by atoms with van der Waals surface area (Å²) in [7, 11) is 0. The molecule has 19 heavy (non-hydrogen) atoms. The van der Waals surface area contributed by atoms with Gasteiger partial charge in [0.25, 0.3) is 0 Å². The van der Waals surface area contributed by atoms with Crippen LogP contribution in [0, 0.1) is 11.8 Å². The normalized spacial score (nSPS) is 23.4. The van der Waals surface area contributed by atoms with Crippen molar-refractivity contribution in [1.82, 2.24) is 9.97 Å². The van der Waals surface area contributed by atoms with Crippen molar-refractivity contribution >= 4 is 5.95 Å². The van der Waals surface area contributed by atoms with Crippen LogP contribution in [0.2, 0.25) is 0 Å². The molecule has 1 heterocycles. The zero-order chi connectivity index (χ0) is 13.7. The molecule has 0 saturated heterocycles. The van der Waals surface area contributed by atoms with E-state index in [1.165, 1.54) is 25.7 Å². The number of aromatic nitrogens is 2. The van der Waals surface area contributed by atoms with E-state index in [4.69, 9.17) is 4.74 Å². The molecular formula is C15H25N3O. The molecule has 0 aromatic carbocycles. The van der Waals surface area contributed by atoms with Gasteiger partial charge in [0.2, 0.25) is 11.8 Å². The van der Waals surface area contributed by atoms with Gasteiger partial charge in [0, 0.05) is 18.8 Å². The first kappa shape index (κ1) is 14.1. The summed E-state index contributed by atoms with van der Waals surface area (Å²) in [5.41, 5.74) is 0. The maximum Gasteiger partial charge on any atom is 0.225 e. The van der Waals surface area contributed by atoms with Gasteiger partial charge in [-0.3, -0.25) is 0 Å². The standard InChI is InChI=1S/C15H25N3O/c1-11(2)19-14-8-9-16-15(18-14)17-10-13-6-4-12(3)5-7-13/h8-9,11-13H,4-7,10H2,1-3H3,(H,16,17,18). The summed E-state index contributed by atoms with van der Waals surface area (Å²) in [5.74, 6) is 2.98. The van der Waals surface area contributed by atoms with Crippen LogP contribution < -0.4 is 10.1 Å². The minimum Gasteiger partial charge on any atom is -0.475 e. The lowest BCUT2D eigenvalue weighted by Gasteiger charge is -2.26. The minimum atomic E-state index is 0.141. The van der Waals surface area contributed by atoms with Crippen LogP contribution in [0.1, 0.15) is 46.5 Å². The van der Waals surface area contributed by atoms with Crippen LogP contribution in [0.15, 0.2) is 12.3 Å². The Bertz CT molecular complexity index is 387. The zero-order valence-corrected chi connectivity index (χ0v) is 12.2. The maximum absolute atomic E-state index is 5.57. The van der Waals surface area contributed by atoms with Crippen LogP contribution in [-0.2, 0) is 0 Å². The van der Waals surface area contributed by atoms with Crippen molar-refractivity contribution in [3.8, 4) is 5.88 Å². The fourth-order valence-electron chi connectivity index (χ4n) is 2.50. The number of nitrogens with zero attached hydrogens (tertiary/aromatic N) is 2. The second-order valence-electron chi connectivity index (χ2n) is 5.89. The summed E-state index contributed by atoms with van der Waals surface area (Å²) >= 11 is 0. The molecule has 2 rings (SSSR count). The third kappa shape index (κ3) is 4.69. The van der Waals surface area contributed by atoms with E-state index in [9.17, 15) is 0 Å². The van der Waals surface area contributed by atoms with Gasteiger partial charge in [-0.1, -0.05) is 19.8 Å². The quantitative estimate of drug-likeness (QED) is 0.883. The van der Waals surface area contributed by atoms with Crippen molar-refractivity contribution in [2.75, 3.05) is 11.9 Å². The zero-order valence-electron chi connectivity index (χ0n) is 12.2. The highest BCUT2D eigenvalue weighted by Gasteiger charge is 2.18. The smallest absolute Gasteiger partial charge is 0.225 e. The third-order valence-electron chi connectivity index (χ3n) is 3.67. The van der Waals surface area contributed by atoms with E-state index < -0.39 is 0 Å². The Labute approximate surface area is 116 Å². The van der Waals surface area contributed by atoms with Crippen molar-refractivity contribution in [3.05, 3.63) is 12.3 Å². The Balaban J connectivity index is 1.82. The first-order valence-electron chi connectivity index (χ1n) is 7.37. The summed E-state index contributed by atoms with van der Waals surface area (Å²) in [6.45, 7) is 7.31. The first-order valence-corrected chi connectivity index (χ1v) is 7.37. The fraction of sp³-hybridized carbons (Fsp3) is 0.733. The molecule has 0 radical (unpaired) electrons. The molecule has 1 fully saturated rings. The number of anilines is 1. The Morgan fingerprint density at radius 1 is 1.32 bits per heavy atom. The van der Waals surface area contributed by atoms with Gasteiger partial charge in [-0.05, 0) is 38.5 Å². The fourth-order valence-corrected chi connectivity index (χ4v) is 2.50. The minimum absolute atomic E-state index is 0.141. The van der Waals surface area contributed by atoms with Crippen molar-refractivity contribution in [2.24, 2.45) is 11.8 Å². The maximum atomic E-state index is 5.57. The van der Waals surface area contributed by atoms with E-state index in [1.54, 1.807) is 12.3 Å². The van der Waals surface area contributed by atoms with E-state index in [0.29, 0.717) is 11.8 Å². The van der Waals surface area contributed by atoms with Gasteiger partial charge in [-0.2, -0.15) is 4.98 Å². The van der Waals surface area contributed by atoms with Crippen molar-refractivity contribution in [1.29, 1.82) is 0 Å². The molecule has 0 aliphatic heterocycles. The van der Waals surface area contributed by atoms with Crippen LogP contribution in [0.5, 0.6) is 5.88 Å². The molecule has 1 aromatic rings. The topological polar surface area (TPSA) is 47.0 Å². The summed E-state index contributed by atoms with van der Waals surface area (Å²) in [6, 6.07) is 1.80. The summed E-state index contributed by atoms with van der Waals surface area (Å²) in [6.07, 6.45) is 7.22. The average molecular weight is 263 g/mol. The van der Waals surface area contributed by atoms with Gasteiger partial charge in [0.1, 0.15) is 0 Å². The van der Waals surface area contributed by atoms with Gasteiger partial charge in [-0.15, -0.1) is 0 Å². The lowest BCUT2D eigenvalue weighted by atomic mass is 9.83. The molecule has 1 saturated carbocycles. The van der Waals surface area contributed by atoms with E-state index in [-0.39, 0.29) is 6.10 Å². The van der Waals surface area contributed by atoms with Gasteiger partial charge in [0.05, 0.1) is 6.10 Å². The molecule has 0 spiro atoms. The van der Waals surface area contributed by atoms with Crippen LogP contribution in [0.25, 0.3) is 0 Å². The number of rotatable bonds is 5. The largest absolute Gasteiger partial charge is 0.475 e. The van der Waals surface area contributed by atoms with Crippen molar-refractivity contribution < 1.29 is 4.74 Å². The molecule has 4 heteroatoms. The van der Waals surface area contributed by atoms with E-state index in [1.807, 2.05) is 13.8 Å². The Kier molecular flexibility index (Phi) is 5.00. The molecule has 0 unspecified atom stereocenters. The summed E-state index contributed by atoms with van der Waals surface area (Å²) in [5, 5.41) is 3.34. The number of ether oxygens (including phenoxy) is 1. The van der Waals surface area contributed by atoms with Crippen LogP contribution in [0.3, 0.4) is 0 Å². The molecule has 4 nitrogen and oxygen atoms in total. The number of nitrogens with one attached hydrogen (secondary N) is 1.